The maximum atomic E-state index is 11.5. The maximum absolute atomic E-state index is 11.5. The molecule has 1 aliphatic rings. The number of amides is 1. The number of carbonyl (C=O) groups excluding carboxylic acids is 1. The lowest BCUT2D eigenvalue weighted by molar-refractivity contribution is 0.0957. The molecule has 0 aromatic carbocycles. The molecule has 6 heteroatoms. The van der Waals surface area contributed by atoms with Gasteiger partial charge in [0.15, 0.2) is 0 Å². The molecule has 1 aliphatic heterocycles. The van der Waals surface area contributed by atoms with E-state index in [1.165, 1.54) is 37.3 Å². The summed E-state index contributed by atoms with van der Waals surface area (Å²) < 4.78 is 0. The van der Waals surface area contributed by atoms with Crippen LogP contribution in [0, 0.1) is 12.8 Å². The van der Waals surface area contributed by atoms with Crippen LogP contribution in [0.25, 0.3) is 0 Å². The molecule has 1 aromatic heterocycles. The van der Waals surface area contributed by atoms with Crippen LogP contribution in [0.5, 0.6) is 0 Å². The first kappa shape index (κ1) is 14.4. The number of nitrogen functional groups attached to an aromatic ring is 1. The molecule has 0 saturated carbocycles. The van der Waals surface area contributed by atoms with Crippen molar-refractivity contribution in [2.24, 2.45) is 11.8 Å². The van der Waals surface area contributed by atoms with Gasteiger partial charge in [0.05, 0.1) is 10.7 Å². The number of piperidine rings is 1. The molecule has 1 fully saturated rings. The normalized spacial score (nSPS) is 17.6. The second kappa shape index (κ2) is 6.45. The summed E-state index contributed by atoms with van der Waals surface area (Å²) in [7, 11) is 0. The van der Waals surface area contributed by atoms with Gasteiger partial charge in [-0.3, -0.25) is 10.2 Å². The van der Waals surface area contributed by atoms with E-state index in [1.54, 1.807) is 0 Å². The molecule has 5 nitrogen and oxygen atoms in total. The van der Waals surface area contributed by atoms with Crippen molar-refractivity contribution in [3.05, 3.63) is 15.6 Å². The molecular weight excluding hydrogens is 260 g/mol. The molecule has 3 N–H and O–H groups in total. The smallest absolute Gasteiger partial charge is 0.277 e. The quantitative estimate of drug-likeness (QED) is 0.496. The summed E-state index contributed by atoms with van der Waals surface area (Å²) in [4.78, 5) is 19.1. The van der Waals surface area contributed by atoms with E-state index in [1.807, 2.05) is 6.92 Å². The van der Waals surface area contributed by atoms with Gasteiger partial charge >= 0.3 is 0 Å². The van der Waals surface area contributed by atoms with E-state index < -0.39 is 0 Å². The molecule has 0 atom stereocenters. The third-order valence-corrected chi connectivity index (χ3v) is 4.91. The predicted octanol–water partition coefficient (Wildman–Crippen LogP) is 1.33. The fourth-order valence-electron chi connectivity index (χ4n) is 2.37. The number of hydrogen-bond acceptors (Lipinski definition) is 5. The number of nitrogens with zero attached hydrogens (tertiary/aromatic N) is 2. The van der Waals surface area contributed by atoms with Crippen LogP contribution in [0.1, 0.15) is 40.1 Å². The van der Waals surface area contributed by atoms with Crippen LogP contribution in [0.15, 0.2) is 0 Å². The van der Waals surface area contributed by atoms with Crippen molar-refractivity contribution in [1.29, 1.82) is 0 Å². The number of nitrogens with one attached hydrogen (secondary N) is 1. The number of hydrogen-bond donors (Lipinski definition) is 2. The number of hydrazine groups is 1. The van der Waals surface area contributed by atoms with Crippen molar-refractivity contribution in [2.45, 2.75) is 33.1 Å². The number of likely N-dealkylation sites (tertiary alicyclic amines) is 1. The van der Waals surface area contributed by atoms with Crippen molar-refractivity contribution >= 4 is 17.2 Å². The zero-order chi connectivity index (χ0) is 13.8. The van der Waals surface area contributed by atoms with Crippen molar-refractivity contribution in [3.63, 3.8) is 0 Å². The fourth-order valence-corrected chi connectivity index (χ4v) is 3.33. The van der Waals surface area contributed by atoms with Gasteiger partial charge in [0.1, 0.15) is 4.88 Å². The Kier molecular flexibility index (Phi) is 4.90. The van der Waals surface area contributed by atoms with Gasteiger partial charge in [-0.2, -0.15) is 0 Å². The highest BCUT2D eigenvalue weighted by Gasteiger charge is 2.17. The predicted molar refractivity (Wildman–Crippen MR) is 77.0 cm³/mol. The molecule has 1 amide bonds. The Morgan fingerprint density at radius 2 is 2.21 bits per heavy atom. The molecule has 0 bridgehead atoms. The van der Waals surface area contributed by atoms with Gasteiger partial charge in [-0.25, -0.2) is 10.8 Å². The lowest BCUT2D eigenvalue weighted by Crippen LogP contribution is -2.34. The maximum Gasteiger partial charge on any atom is 0.277 e. The minimum absolute atomic E-state index is 0.243. The zero-order valence-corrected chi connectivity index (χ0v) is 12.4. The largest absolute Gasteiger partial charge is 0.303 e. The lowest BCUT2D eigenvalue weighted by Gasteiger charge is -2.29. The summed E-state index contributed by atoms with van der Waals surface area (Å²) in [6.07, 6.45) is 3.49. The number of thiazole rings is 1. The van der Waals surface area contributed by atoms with Crippen LogP contribution >= 0.6 is 11.3 Å². The molecule has 1 saturated heterocycles. The van der Waals surface area contributed by atoms with Crippen LogP contribution in [0.4, 0.5) is 0 Å². The Morgan fingerprint density at radius 1 is 1.53 bits per heavy atom. The van der Waals surface area contributed by atoms with Crippen LogP contribution in [-0.4, -0.2) is 35.4 Å². The van der Waals surface area contributed by atoms with Crippen LogP contribution in [-0.2, 0) is 6.42 Å². The molecule has 0 spiro atoms. The summed E-state index contributed by atoms with van der Waals surface area (Å²) in [6, 6.07) is 0. The number of nitrogens with two attached hydrogens (primary N) is 1. The fraction of sp³-hybridized carbons (Fsp3) is 0.692. The Hall–Kier alpha value is -0.980. The standard InChI is InChI=1S/C13H22N4OS/c1-9-3-6-17(7-4-9)8-5-11-15-10(2)12(19-11)13(18)16-14/h9H,3-8,14H2,1-2H3,(H,16,18). The van der Waals surface area contributed by atoms with Gasteiger partial charge in [0.25, 0.3) is 5.91 Å². The Bertz CT molecular complexity index is 438. The molecule has 106 valence electrons. The van der Waals surface area contributed by atoms with Gasteiger partial charge in [0.2, 0.25) is 0 Å². The summed E-state index contributed by atoms with van der Waals surface area (Å²) in [6.45, 7) is 7.57. The Balaban J connectivity index is 1.88. The average Bonchev–Trinajstić information content (AvgIpc) is 2.78. The Morgan fingerprint density at radius 3 is 2.84 bits per heavy atom. The number of carbonyl (C=O) groups is 1. The Labute approximate surface area is 118 Å². The number of aryl methyl sites for hydroxylation is 1. The average molecular weight is 282 g/mol. The van der Waals surface area contributed by atoms with Crippen LogP contribution in [0.3, 0.4) is 0 Å². The van der Waals surface area contributed by atoms with Gasteiger partial charge in [-0.15, -0.1) is 11.3 Å². The van der Waals surface area contributed by atoms with E-state index in [0.717, 1.165) is 29.6 Å². The summed E-state index contributed by atoms with van der Waals surface area (Å²) in [5.41, 5.74) is 2.94. The third-order valence-electron chi connectivity index (χ3n) is 3.70. The van der Waals surface area contributed by atoms with Crippen LogP contribution < -0.4 is 11.3 Å². The number of rotatable bonds is 4. The lowest BCUT2D eigenvalue weighted by atomic mass is 9.99. The molecule has 2 rings (SSSR count). The summed E-state index contributed by atoms with van der Waals surface area (Å²) >= 11 is 1.45. The topological polar surface area (TPSA) is 71.2 Å². The van der Waals surface area contributed by atoms with E-state index in [9.17, 15) is 4.79 Å². The van der Waals surface area contributed by atoms with Crippen molar-refractivity contribution in [2.75, 3.05) is 19.6 Å². The molecular formula is C13H22N4OS. The van der Waals surface area contributed by atoms with Gasteiger partial charge < -0.3 is 4.90 Å². The molecule has 0 radical (unpaired) electrons. The minimum Gasteiger partial charge on any atom is -0.303 e. The van der Waals surface area contributed by atoms with Crippen molar-refractivity contribution in [1.82, 2.24) is 15.3 Å². The second-order valence-corrected chi connectivity index (χ2v) is 6.35. The van der Waals surface area contributed by atoms with E-state index in [0.29, 0.717) is 4.88 Å². The van der Waals surface area contributed by atoms with Gasteiger partial charge in [-0.1, -0.05) is 6.92 Å². The van der Waals surface area contributed by atoms with Crippen LogP contribution in [0.2, 0.25) is 0 Å². The first-order valence-corrected chi connectivity index (χ1v) is 7.61. The molecule has 2 heterocycles. The summed E-state index contributed by atoms with van der Waals surface area (Å²) in [5.74, 6) is 5.77. The van der Waals surface area contributed by atoms with E-state index in [2.05, 4.69) is 22.2 Å². The second-order valence-electron chi connectivity index (χ2n) is 5.27. The summed E-state index contributed by atoms with van der Waals surface area (Å²) in [5, 5.41) is 1.02. The molecule has 19 heavy (non-hydrogen) atoms. The van der Waals surface area contributed by atoms with Gasteiger partial charge in [0, 0.05) is 13.0 Å². The first-order valence-electron chi connectivity index (χ1n) is 6.79. The van der Waals surface area contributed by atoms with Gasteiger partial charge in [-0.05, 0) is 38.8 Å². The monoisotopic (exact) mass is 282 g/mol. The molecule has 1 aromatic rings. The third kappa shape index (κ3) is 3.75. The highest BCUT2D eigenvalue weighted by Crippen LogP contribution is 2.20. The minimum atomic E-state index is -0.243. The van der Waals surface area contributed by atoms with Crippen molar-refractivity contribution < 1.29 is 4.79 Å². The SMILES string of the molecule is Cc1nc(CCN2CCC(C)CC2)sc1C(=O)NN. The van der Waals surface area contributed by atoms with E-state index in [-0.39, 0.29) is 5.91 Å². The first-order chi connectivity index (χ1) is 9.10. The molecule has 0 aliphatic carbocycles. The molecule has 0 unspecified atom stereocenters. The van der Waals surface area contributed by atoms with E-state index >= 15 is 0 Å². The highest BCUT2D eigenvalue weighted by molar-refractivity contribution is 7.13. The number of aromatic nitrogens is 1. The van der Waals surface area contributed by atoms with E-state index in [4.69, 9.17) is 5.84 Å². The van der Waals surface area contributed by atoms with Crippen molar-refractivity contribution in [3.8, 4) is 0 Å². The highest BCUT2D eigenvalue weighted by atomic mass is 32.1. The zero-order valence-electron chi connectivity index (χ0n) is 11.6.